The number of nitrogens with one attached hydrogen (secondary N) is 1. The molecule has 0 aliphatic carbocycles. The van der Waals surface area contributed by atoms with Crippen LogP contribution in [0, 0.1) is 0 Å². The van der Waals surface area contributed by atoms with Crippen LogP contribution in [0.2, 0.25) is 0 Å². The molecular formula is C22H23N3O5. The van der Waals surface area contributed by atoms with E-state index in [0.717, 1.165) is 49.8 Å². The molecule has 2 aliphatic rings. The average Bonchev–Trinajstić information content (AvgIpc) is 3.43. The lowest BCUT2D eigenvalue weighted by molar-refractivity contribution is -0.134. The molecule has 0 fully saturated rings. The molecule has 3 heterocycles. The molecule has 1 atom stereocenters. The highest BCUT2D eigenvalue weighted by molar-refractivity contribution is 5.89. The van der Waals surface area contributed by atoms with Crippen LogP contribution in [0.1, 0.15) is 29.2 Å². The molecule has 1 unspecified atom stereocenters. The van der Waals surface area contributed by atoms with Gasteiger partial charge in [0.2, 0.25) is 0 Å². The third-order valence-electron chi connectivity index (χ3n) is 4.67. The van der Waals surface area contributed by atoms with Gasteiger partial charge in [-0.15, -0.1) is 0 Å². The van der Waals surface area contributed by atoms with Crippen molar-refractivity contribution in [1.29, 1.82) is 0 Å². The fourth-order valence-electron chi connectivity index (χ4n) is 3.39. The molecular weight excluding hydrogens is 386 g/mol. The summed E-state index contributed by atoms with van der Waals surface area (Å²) in [7, 11) is 0. The molecule has 0 amide bonds. The first-order chi connectivity index (χ1) is 14.5. The quantitative estimate of drug-likeness (QED) is 0.626. The zero-order valence-electron chi connectivity index (χ0n) is 16.3. The van der Waals surface area contributed by atoms with Gasteiger partial charge in [-0.3, -0.25) is 9.98 Å². The molecule has 0 spiro atoms. The topological polar surface area (TPSA) is 121 Å². The fourth-order valence-corrected chi connectivity index (χ4v) is 3.39. The van der Waals surface area contributed by atoms with Crippen LogP contribution in [0.15, 0.2) is 59.7 Å². The van der Waals surface area contributed by atoms with Crippen LogP contribution in [0.4, 0.5) is 0 Å². The summed E-state index contributed by atoms with van der Waals surface area (Å²) < 4.78 is 5.91. The van der Waals surface area contributed by atoms with Crippen molar-refractivity contribution in [3.63, 3.8) is 0 Å². The fraction of sp³-hybridized carbons (Fsp3) is 0.273. The summed E-state index contributed by atoms with van der Waals surface area (Å²) in [6.07, 6.45) is 4.81. The normalized spacial score (nSPS) is 15.3. The summed E-state index contributed by atoms with van der Waals surface area (Å²) >= 11 is 0. The van der Waals surface area contributed by atoms with E-state index in [0.29, 0.717) is 12.2 Å². The molecule has 0 saturated heterocycles. The smallest absolute Gasteiger partial charge is 0.328 e. The summed E-state index contributed by atoms with van der Waals surface area (Å²) in [5.41, 5.74) is 3.60. The number of carboxylic acid groups (broad SMARTS) is 2. The Hall–Kier alpha value is -3.68. The number of ether oxygens (including phenoxy) is 1. The highest BCUT2D eigenvalue weighted by Crippen LogP contribution is 2.38. The molecule has 8 nitrogen and oxygen atoms in total. The van der Waals surface area contributed by atoms with Gasteiger partial charge in [0.25, 0.3) is 0 Å². The van der Waals surface area contributed by atoms with E-state index in [4.69, 9.17) is 14.9 Å². The second-order valence-electron chi connectivity index (χ2n) is 6.71. The number of aliphatic carboxylic acids is 2. The number of pyridine rings is 1. The Morgan fingerprint density at radius 2 is 1.93 bits per heavy atom. The number of rotatable bonds is 6. The van der Waals surface area contributed by atoms with Crippen molar-refractivity contribution < 1.29 is 24.5 Å². The van der Waals surface area contributed by atoms with E-state index in [1.807, 2.05) is 18.3 Å². The second-order valence-corrected chi connectivity index (χ2v) is 6.71. The number of carbonyl (C=O) groups is 2. The molecule has 8 heteroatoms. The second kappa shape index (κ2) is 10.2. The molecule has 0 bridgehead atoms. The number of aromatic nitrogens is 1. The van der Waals surface area contributed by atoms with Crippen LogP contribution in [0.5, 0.6) is 5.75 Å². The van der Waals surface area contributed by atoms with Crippen molar-refractivity contribution in [2.24, 2.45) is 4.99 Å². The van der Waals surface area contributed by atoms with Gasteiger partial charge in [-0.2, -0.15) is 0 Å². The van der Waals surface area contributed by atoms with Crippen molar-refractivity contribution in [2.75, 3.05) is 19.7 Å². The lowest BCUT2D eigenvalue weighted by Crippen LogP contribution is -2.22. The van der Waals surface area contributed by atoms with Crippen LogP contribution in [-0.2, 0) is 16.0 Å². The number of benzene rings is 1. The van der Waals surface area contributed by atoms with Crippen LogP contribution in [0.25, 0.3) is 0 Å². The van der Waals surface area contributed by atoms with Crippen LogP contribution < -0.4 is 10.1 Å². The van der Waals surface area contributed by atoms with Gasteiger partial charge in [0.05, 0.1) is 19.0 Å². The molecule has 30 heavy (non-hydrogen) atoms. The number of amidine groups is 1. The Labute approximate surface area is 173 Å². The predicted octanol–water partition coefficient (Wildman–Crippen LogP) is 2.25. The molecule has 1 aromatic carbocycles. The van der Waals surface area contributed by atoms with Crippen LogP contribution in [0.3, 0.4) is 0 Å². The van der Waals surface area contributed by atoms with E-state index in [1.165, 1.54) is 11.1 Å². The number of para-hydroxylation sites is 1. The molecule has 0 radical (unpaired) electrons. The van der Waals surface area contributed by atoms with Gasteiger partial charge >= 0.3 is 11.9 Å². The Bertz CT molecular complexity index is 941. The number of fused-ring (bicyclic) bond motifs is 1. The lowest BCUT2D eigenvalue weighted by Gasteiger charge is -2.19. The van der Waals surface area contributed by atoms with Gasteiger partial charge in [0, 0.05) is 54.9 Å². The average molecular weight is 409 g/mol. The number of aliphatic imine (C=N–C) groups is 1. The minimum absolute atomic E-state index is 0.179. The van der Waals surface area contributed by atoms with Gasteiger partial charge in [-0.05, 0) is 17.7 Å². The lowest BCUT2D eigenvalue weighted by atomic mass is 9.89. The zero-order chi connectivity index (χ0) is 21.3. The maximum Gasteiger partial charge on any atom is 0.328 e. The molecule has 2 aliphatic heterocycles. The molecule has 2 aromatic rings. The van der Waals surface area contributed by atoms with E-state index < -0.39 is 11.9 Å². The number of hydrogen-bond donors (Lipinski definition) is 3. The van der Waals surface area contributed by atoms with Crippen molar-refractivity contribution in [2.45, 2.75) is 18.8 Å². The standard InChI is InChI=1S/C18H19N3O.C4H4O4/c1-2-8-19-16(6-1)15(12-17-20-9-10-21-17)14-5-3-4-13-7-11-22-18(13)14;5-3(6)1-2-4(7)8/h1-6,8,15H,7,9-12H2,(H,20,21);1-2H,(H,5,6)(H,7,8)/b;2-1+. The van der Waals surface area contributed by atoms with Gasteiger partial charge < -0.3 is 20.3 Å². The Morgan fingerprint density at radius 3 is 2.57 bits per heavy atom. The zero-order valence-corrected chi connectivity index (χ0v) is 16.3. The first kappa shape index (κ1) is 21.0. The minimum atomic E-state index is -1.26. The van der Waals surface area contributed by atoms with E-state index in [-0.39, 0.29) is 5.92 Å². The molecule has 3 N–H and O–H groups in total. The van der Waals surface area contributed by atoms with Crippen molar-refractivity contribution in [3.8, 4) is 5.75 Å². The van der Waals surface area contributed by atoms with Crippen molar-refractivity contribution in [3.05, 3.63) is 71.6 Å². The summed E-state index contributed by atoms with van der Waals surface area (Å²) in [6, 6.07) is 12.5. The van der Waals surface area contributed by atoms with E-state index in [2.05, 4.69) is 39.6 Å². The van der Waals surface area contributed by atoms with Gasteiger partial charge in [-0.25, -0.2) is 9.59 Å². The summed E-state index contributed by atoms with van der Waals surface area (Å²) in [5.74, 6) is -0.207. The van der Waals surface area contributed by atoms with Crippen molar-refractivity contribution in [1.82, 2.24) is 10.3 Å². The molecule has 156 valence electrons. The number of hydrogen-bond acceptors (Lipinski definition) is 6. The van der Waals surface area contributed by atoms with Crippen LogP contribution >= 0.6 is 0 Å². The first-order valence-corrected chi connectivity index (χ1v) is 9.61. The third-order valence-corrected chi connectivity index (χ3v) is 4.67. The highest BCUT2D eigenvalue weighted by atomic mass is 16.5. The summed E-state index contributed by atoms with van der Waals surface area (Å²) in [6.45, 7) is 2.59. The van der Waals surface area contributed by atoms with Gasteiger partial charge in [0.15, 0.2) is 0 Å². The maximum absolute atomic E-state index is 9.55. The third kappa shape index (κ3) is 5.66. The Balaban J connectivity index is 0.000000275. The largest absolute Gasteiger partial charge is 0.493 e. The van der Waals surface area contributed by atoms with Gasteiger partial charge in [-0.1, -0.05) is 24.3 Å². The Kier molecular flexibility index (Phi) is 7.15. The predicted molar refractivity (Wildman–Crippen MR) is 111 cm³/mol. The van der Waals surface area contributed by atoms with E-state index in [1.54, 1.807) is 0 Å². The van der Waals surface area contributed by atoms with E-state index >= 15 is 0 Å². The maximum atomic E-state index is 9.55. The Morgan fingerprint density at radius 1 is 1.13 bits per heavy atom. The van der Waals surface area contributed by atoms with Crippen molar-refractivity contribution >= 4 is 17.8 Å². The van der Waals surface area contributed by atoms with E-state index in [9.17, 15) is 9.59 Å². The minimum Gasteiger partial charge on any atom is -0.493 e. The summed E-state index contributed by atoms with van der Waals surface area (Å²) in [5, 5.41) is 19.0. The van der Waals surface area contributed by atoms with Crippen LogP contribution in [-0.4, -0.2) is 52.7 Å². The molecule has 1 aromatic heterocycles. The summed E-state index contributed by atoms with van der Waals surface area (Å²) in [4.78, 5) is 28.2. The highest BCUT2D eigenvalue weighted by Gasteiger charge is 2.26. The SMILES string of the molecule is O=C(O)/C=C/C(=O)O.c1ccc(C(CC2=NCCN2)c2cccc3c2OCC3)nc1. The molecule has 0 saturated carbocycles. The number of nitrogens with zero attached hydrogens (tertiary/aromatic N) is 2. The first-order valence-electron chi connectivity index (χ1n) is 9.61. The molecule has 4 rings (SSSR count). The monoisotopic (exact) mass is 409 g/mol. The van der Waals surface area contributed by atoms with Gasteiger partial charge in [0.1, 0.15) is 5.75 Å². The number of carboxylic acids is 2.